The van der Waals surface area contributed by atoms with Gasteiger partial charge in [-0.25, -0.2) is 0 Å². The molecule has 1 rings (SSSR count). The van der Waals surface area contributed by atoms with Crippen LogP contribution in [0.4, 0.5) is 0 Å². The molecule has 1 radical (unpaired) electrons. The summed E-state index contributed by atoms with van der Waals surface area (Å²) in [6.45, 7) is 6.65. The Hall–Kier alpha value is -0.350. The Bertz CT molecular complexity index is 228. The van der Waals surface area contributed by atoms with Gasteiger partial charge in [0.2, 0.25) is 0 Å². The Morgan fingerprint density at radius 2 is 1.45 bits per heavy atom. The highest BCUT2D eigenvalue weighted by Crippen LogP contribution is 2.20. The van der Waals surface area contributed by atoms with Crippen LogP contribution in [0.15, 0.2) is 24.3 Å². The molecule has 1 aromatic rings. The molecule has 0 saturated carbocycles. The molecule has 0 atom stereocenters. The molecule has 0 nitrogen and oxygen atoms in total. The zero-order chi connectivity index (χ0) is 8.48. The summed E-state index contributed by atoms with van der Waals surface area (Å²) in [5.74, 6) is 0. The third-order valence-electron chi connectivity index (χ3n) is 1.75. The maximum absolute atomic E-state index is 3.46. The van der Waals surface area contributed by atoms with Gasteiger partial charge in [-0.1, -0.05) is 54.3 Å². The molecular formula is C10H14P. The first-order chi connectivity index (χ1) is 5.00. The van der Waals surface area contributed by atoms with Crippen molar-refractivity contribution in [2.75, 3.05) is 0 Å². The monoisotopic (exact) mass is 165 g/mol. The average Bonchev–Trinajstić information content (AvgIpc) is 1.86. The maximum Gasteiger partial charge on any atom is -0.0132 e. The average molecular weight is 165 g/mol. The minimum Gasteiger partial charge on any atom is -0.0634 e. The van der Waals surface area contributed by atoms with Crippen molar-refractivity contribution in [1.29, 1.82) is 0 Å². The minimum atomic E-state index is 0.264. The highest BCUT2D eigenvalue weighted by atomic mass is 31.0. The van der Waals surface area contributed by atoms with Gasteiger partial charge in [0, 0.05) is 0 Å². The van der Waals surface area contributed by atoms with Gasteiger partial charge in [-0.15, -0.1) is 0 Å². The van der Waals surface area contributed by atoms with Crippen LogP contribution in [-0.2, 0) is 5.41 Å². The van der Waals surface area contributed by atoms with Gasteiger partial charge >= 0.3 is 0 Å². The third kappa shape index (κ3) is 2.31. The van der Waals surface area contributed by atoms with Crippen LogP contribution in [0.3, 0.4) is 0 Å². The predicted molar refractivity (Wildman–Crippen MR) is 53.1 cm³/mol. The lowest BCUT2D eigenvalue weighted by atomic mass is 9.87. The number of hydrogen-bond donors (Lipinski definition) is 0. The maximum atomic E-state index is 3.46. The smallest absolute Gasteiger partial charge is 0.0132 e. The molecule has 0 saturated heterocycles. The zero-order valence-corrected chi connectivity index (χ0v) is 8.31. The van der Waals surface area contributed by atoms with Gasteiger partial charge in [-0.3, -0.25) is 0 Å². The van der Waals surface area contributed by atoms with Gasteiger partial charge in [-0.2, -0.15) is 0 Å². The van der Waals surface area contributed by atoms with Crippen LogP contribution in [0.2, 0.25) is 0 Å². The van der Waals surface area contributed by atoms with Crippen LogP contribution in [-0.4, -0.2) is 0 Å². The van der Waals surface area contributed by atoms with Gasteiger partial charge < -0.3 is 0 Å². The van der Waals surface area contributed by atoms with Crippen molar-refractivity contribution in [3.05, 3.63) is 29.8 Å². The minimum absolute atomic E-state index is 0.264. The lowest BCUT2D eigenvalue weighted by molar-refractivity contribution is 0.590. The molecule has 1 heteroatoms. The summed E-state index contributed by atoms with van der Waals surface area (Å²) >= 11 is 0. The fourth-order valence-corrected chi connectivity index (χ4v) is 1.14. The van der Waals surface area contributed by atoms with E-state index in [1.165, 1.54) is 5.56 Å². The van der Waals surface area contributed by atoms with Crippen LogP contribution < -0.4 is 5.30 Å². The van der Waals surface area contributed by atoms with Gasteiger partial charge in [0.1, 0.15) is 0 Å². The topological polar surface area (TPSA) is 0 Å². The second-order valence-electron chi connectivity index (χ2n) is 3.83. The quantitative estimate of drug-likeness (QED) is 0.518. The summed E-state index contributed by atoms with van der Waals surface area (Å²) in [6, 6.07) is 8.47. The Morgan fingerprint density at radius 3 is 1.82 bits per heavy atom. The normalized spacial score (nSPS) is 11.6. The zero-order valence-electron chi connectivity index (χ0n) is 7.31. The molecule has 11 heavy (non-hydrogen) atoms. The molecule has 1 aromatic carbocycles. The van der Waals surface area contributed by atoms with E-state index in [0.717, 1.165) is 5.30 Å². The molecule has 0 N–H and O–H groups in total. The summed E-state index contributed by atoms with van der Waals surface area (Å²) in [4.78, 5) is 0. The largest absolute Gasteiger partial charge is 0.0634 e. The van der Waals surface area contributed by atoms with E-state index in [4.69, 9.17) is 0 Å². The summed E-state index contributed by atoms with van der Waals surface area (Å²) in [6.07, 6.45) is 0. The molecule has 0 unspecified atom stereocenters. The summed E-state index contributed by atoms with van der Waals surface area (Å²) < 4.78 is 0. The van der Waals surface area contributed by atoms with E-state index in [2.05, 4.69) is 54.3 Å². The van der Waals surface area contributed by atoms with E-state index in [1.54, 1.807) is 0 Å². The lowest BCUT2D eigenvalue weighted by Crippen LogP contribution is -2.11. The van der Waals surface area contributed by atoms with E-state index in [0.29, 0.717) is 0 Å². The number of hydrogen-bond acceptors (Lipinski definition) is 0. The fraction of sp³-hybridized carbons (Fsp3) is 0.400. The molecule has 0 amide bonds. The Labute approximate surface area is 71.2 Å². The van der Waals surface area contributed by atoms with Crippen molar-refractivity contribution in [3.8, 4) is 0 Å². The first kappa shape index (κ1) is 8.74. The molecule has 0 heterocycles. The van der Waals surface area contributed by atoms with Crippen LogP contribution >= 0.6 is 9.24 Å². The molecule has 0 aliphatic heterocycles. The molecule has 0 aromatic heterocycles. The second-order valence-corrected chi connectivity index (χ2v) is 4.40. The fourth-order valence-electron chi connectivity index (χ4n) is 0.970. The highest BCUT2D eigenvalue weighted by molar-refractivity contribution is 7.27. The van der Waals surface area contributed by atoms with Crippen molar-refractivity contribution >= 4 is 14.5 Å². The van der Waals surface area contributed by atoms with Crippen molar-refractivity contribution in [2.45, 2.75) is 26.2 Å². The molecular weight excluding hydrogens is 151 g/mol. The van der Waals surface area contributed by atoms with Crippen molar-refractivity contribution in [3.63, 3.8) is 0 Å². The third-order valence-corrected chi connectivity index (χ3v) is 2.08. The van der Waals surface area contributed by atoms with Crippen LogP contribution in [0.5, 0.6) is 0 Å². The van der Waals surface area contributed by atoms with Crippen molar-refractivity contribution in [2.24, 2.45) is 0 Å². The van der Waals surface area contributed by atoms with Crippen molar-refractivity contribution in [1.82, 2.24) is 0 Å². The molecule has 0 fully saturated rings. The SMILES string of the molecule is CC(C)(C)c1ccc([PH])cc1. The molecule has 0 bridgehead atoms. The lowest BCUT2D eigenvalue weighted by Gasteiger charge is -2.18. The summed E-state index contributed by atoms with van der Waals surface area (Å²) in [5.41, 5.74) is 1.64. The Kier molecular flexibility index (Phi) is 2.34. The molecule has 0 spiro atoms. The van der Waals surface area contributed by atoms with Gasteiger partial charge in [0.25, 0.3) is 0 Å². The first-order valence-electron chi connectivity index (χ1n) is 3.82. The van der Waals surface area contributed by atoms with E-state index < -0.39 is 0 Å². The molecule has 59 valence electrons. The van der Waals surface area contributed by atoms with Crippen molar-refractivity contribution < 1.29 is 0 Å². The highest BCUT2D eigenvalue weighted by Gasteiger charge is 2.11. The van der Waals surface area contributed by atoms with E-state index in [-0.39, 0.29) is 5.41 Å². The number of benzene rings is 1. The van der Waals surface area contributed by atoms with Crippen LogP contribution in [0, 0.1) is 0 Å². The predicted octanol–water partition coefficient (Wildman–Crippen LogP) is 2.75. The molecule has 0 aliphatic carbocycles. The Morgan fingerprint density at radius 1 is 1.00 bits per heavy atom. The van der Waals surface area contributed by atoms with E-state index in [9.17, 15) is 0 Å². The Balaban J connectivity index is 2.99. The number of rotatable bonds is 0. The van der Waals surface area contributed by atoms with Crippen LogP contribution in [0.25, 0.3) is 0 Å². The van der Waals surface area contributed by atoms with Gasteiger partial charge in [0.05, 0.1) is 0 Å². The van der Waals surface area contributed by atoms with Gasteiger partial charge in [-0.05, 0) is 16.3 Å². The first-order valence-corrected chi connectivity index (χ1v) is 4.32. The van der Waals surface area contributed by atoms with E-state index in [1.807, 2.05) is 0 Å². The van der Waals surface area contributed by atoms with Gasteiger partial charge in [0.15, 0.2) is 0 Å². The van der Waals surface area contributed by atoms with E-state index >= 15 is 0 Å². The van der Waals surface area contributed by atoms with Crippen LogP contribution in [0.1, 0.15) is 26.3 Å². The standard InChI is InChI=1S/C10H14P/c1-10(2,3)8-4-6-9(11)7-5-8/h4-7,11H,1-3H3. The second kappa shape index (κ2) is 2.95. The summed E-state index contributed by atoms with van der Waals surface area (Å²) in [5, 5.41) is 1.14. The summed E-state index contributed by atoms with van der Waals surface area (Å²) in [7, 11) is 3.46. The molecule has 0 aliphatic rings.